The van der Waals surface area contributed by atoms with Crippen molar-refractivity contribution in [3.05, 3.63) is 28.8 Å². The first-order chi connectivity index (χ1) is 7.71. The van der Waals surface area contributed by atoms with Crippen LogP contribution in [0.15, 0.2) is 17.7 Å². The summed E-state index contributed by atoms with van der Waals surface area (Å²) in [6.45, 7) is 0. The summed E-state index contributed by atoms with van der Waals surface area (Å²) in [7, 11) is 3.15. The van der Waals surface area contributed by atoms with Gasteiger partial charge in [0.1, 0.15) is 6.29 Å². The van der Waals surface area contributed by atoms with Crippen LogP contribution in [0.5, 0.6) is 11.5 Å². The Hall–Kier alpha value is -1.48. The predicted molar refractivity (Wildman–Crippen MR) is 62.1 cm³/mol. The molecule has 0 saturated carbocycles. The monoisotopic (exact) mass is 238 g/mol. The van der Waals surface area contributed by atoms with Gasteiger partial charge < -0.3 is 9.47 Å². The van der Waals surface area contributed by atoms with E-state index in [2.05, 4.69) is 0 Å². The summed E-state index contributed by atoms with van der Waals surface area (Å²) in [5.74, 6) is 1.27. The normalized spacial score (nSPS) is 13.7. The number of halogens is 1. The van der Waals surface area contributed by atoms with E-state index in [-0.39, 0.29) is 0 Å². The molecule has 0 N–H and O–H groups in total. The van der Waals surface area contributed by atoms with Gasteiger partial charge in [-0.2, -0.15) is 0 Å². The third-order valence-corrected chi connectivity index (χ3v) is 3.10. The Kier molecular flexibility index (Phi) is 2.88. The van der Waals surface area contributed by atoms with Crippen molar-refractivity contribution in [2.45, 2.75) is 6.42 Å². The lowest BCUT2D eigenvalue weighted by molar-refractivity contribution is -0.104. The number of fused-ring (bicyclic) bond motifs is 1. The van der Waals surface area contributed by atoms with Crippen molar-refractivity contribution in [1.29, 1.82) is 0 Å². The van der Waals surface area contributed by atoms with Crippen molar-refractivity contribution < 1.29 is 14.3 Å². The zero-order chi connectivity index (χ0) is 11.7. The second-order valence-electron chi connectivity index (χ2n) is 3.50. The summed E-state index contributed by atoms with van der Waals surface area (Å²) in [6, 6.07) is 3.65. The first-order valence-electron chi connectivity index (χ1n) is 4.80. The zero-order valence-electron chi connectivity index (χ0n) is 9.04. The zero-order valence-corrected chi connectivity index (χ0v) is 9.80. The molecule has 0 spiro atoms. The van der Waals surface area contributed by atoms with Crippen molar-refractivity contribution in [3.63, 3.8) is 0 Å². The highest BCUT2D eigenvalue weighted by Crippen LogP contribution is 2.41. The van der Waals surface area contributed by atoms with Crippen molar-refractivity contribution >= 4 is 22.9 Å². The highest BCUT2D eigenvalue weighted by atomic mass is 35.5. The lowest BCUT2D eigenvalue weighted by atomic mass is 10.1. The molecule has 0 aliphatic heterocycles. The van der Waals surface area contributed by atoms with E-state index in [4.69, 9.17) is 21.1 Å². The molecular weight excluding hydrogens is 228 g/mol. The van der Waals surface area contributed by atoms with Gasteiger partial charge in [-0.05, 0) is 17.7 Å². The Bertz CT molecular complexity index is 477. The summed E-state index contributed by atoms with van der Waals surface area (Å²) in [4.78, 5) is 10.8. The standard InChI is InChI=1S/C12H11ClO3/c1-15-10-4-7-3-8(6-14)12(13)9(7)5-11(10)16-2/h4-6H,3H2,1-2H3. The van der Waals surface area contributed by atoms with Crippen LogP contribution in [0.3, 0.4) is 0 Å². The third kappa shape index (κ3) is 1.57. The van der Waals surface area contributed by atoms with E-state index < -0.39 is 0 Å². The number of aldehydes is 1. The molecule has 0 atom stereocenters. The fourth-order valence-corrected chi connectivity index (χ4v) is 2.11. The Balaban J connectivity index is 2.55. The van der Waals surface area contributed by atoms with E-state index in [1.54, 1.807) is 20.3 Å². The maximum atomic E-state index is 10.8. The highest BCUT2D eigenvalue weighted by molar-refractivity contribution is 6.51. The van der Waals surface area contributed by atoms with Crippen LogP contribution in [-0.4, -0.2) is 20.5 Å². The molecule has 0 saturated heterocycles. The predicted octanol–water partition coefficient (Wildman–Crippen LogP) is 2.41. The molecule has 3 nitrogen and oxygen atoms in total. The lowest BCUT2D eigenvalue weighted by Crippen LogP contribution is -1.93. The Morgan fingerprint density at radius 3 is 2.44 bits per heavy atom. The average molecular weight is 239 g/mol. The number of rotatable bonds is 3. The van der Waals surface area contributed by atoms with E-state index in [1.807, 2.05) is 6.07 Å². The van der Waals surface area contributed by atoms with Gasteiger partial charge in [-0.1, -0.05) is 11.6 Å². The number of methoxy groups -OCH3 is 2. The molecule has 16 heavy (non-hydrogen) atoms. The molecule has 1 aliphatic rings. The van der Waals surface area contributed by atoms with Crippen LogP contribution in [0, 0.1) is 0 Å². The molecule has 1 aromatic carbocycles. The quantitative estimate of drug-likeness (QED) is 0.759. The summed E-state index contributed by atoms with van der Waals surface area (Å²) >= 11 is 6.09. The summed E-state index contributed by atoms with van der Waals surface area (Å²) in [6.07, 6.45) is 1.35. The fourth-order valence-electron chi connectivity index (χ4n) is 1.82. The van der Waals surface area contributed by atoms with Gasteiger partial charge in [0.15, 0.2) is 11.5 Å². The van der Waals surface area contributed by atoms with Crippen LogP contribution in [0.1, 0.15) is 11.1 Å². The van der Waals surface area contributed by atoms with Crippen LogP contribution < -0.4 is 9.47 Å². The second kappa shape index (κ2) is 4.18. The van der Waals surface area contributed by atoms with Crippen LogP contribution in [-0.2, 0) is 11.2 Å². The maximum absolute atomic E-state index is 10.8. The van der Waals surface area contributed by atoms with E-state index in [0.717, 1.165) is 17.4 Å². The number of benzene rings is 1. The van der Waals surface area contributed by atoms with Crippen molar-refractivity contribution in [2.24, 2.45) is 0 Å². The maximum Gasteiger partial charge on any atom is 0.161 e. The third-order valence-electron chi connectivity index (χ3n) is 2.65. The van der Waals surface area contributed by atoms with E-state index in [1.165, 1.54) is 0 Å². The molecule has 0 fully saturated rings. The molecule has 0 amide bonds. The van der Waals surface area contributed by atoms with Crippen LogP contribution in [0.25, 0.3) is 5.03 Å². The number of ether oxygens (including phenoxy) is 2. The molecule has 84 valence electrons. The van der Waals surface area contributed by atoms with Crippen LogP contribution >= 0.6 is 11.6 Å². The molecule has 2 rings (SSSR count). The van der Waals surface area contributed by atoms with Crippen molar-refractivity contribution in [3.8, 4) is 11.5 Å². The summed E-state index contributed by atoms with van der Waals surface area (Å²) in [5, 5.41) is 0.506. The number of allylic oxidation sites excluding steroid dienone is 1. The van der Waals surface area contributed by atoms with Gasteiger partial charge >= 0.3 is 0 Å². The van der Waals surface area contributed by atoms with Gasteiger partial charge in [-0.3, -0.25) is 4.79 Å². The van der Waals surface area contributed by atoms with Gasteiger partial charge in [-0.15, -0.1) is 0 Å². The van der Waals surface area contributed by atoms with Crippen LogP contribution in [0.4, 0.5) is 0 Å². The SMILES string of the molecule is COc1cc2c(cc1OC)C(Cl)=C(C=O)C2. The van der Waals surface area contributed by atoms with Gasteiger partial charge in [0.2, 0.25) is 0 Å². The molecule has 4 heteroatoms. The van der Waals surface area contributed by atoms with Crippen LogP contribution in [0.2, 0.25) is 0 Å². The minimum atomic E-state index is 0.506. The highest BCUT2D eigenvalue weighted by Gasteiger charge is 2.22. The molecule has 0 heterocycles. The fraction of sp³-hybridized carbons (Fsp3) is 0.250. The van der Waals surface area contributed by atoms with E-state index in [0.29, 0.717) is 28.5 Å². The van der Waals surface area contributed by atoms with Gasteiger partial charge in [0.05, 0.1) is 19.3 Å². The summed E-state index contributed by atoms with van der Waals surface area (Å²) in [5.41, 5.74) is 2.44. The Morgan fingerprint density at radius 1 is 1.25 bits per heavy atom. The molecule has 0 bridgehead atoms. The molecule has 1 aromatic rings. The minimum absolute atomic E-state index is 0.506. The lowest BCUT2D eigenvalue weighted by Gasteiger charge is -2.10. The molecule has 0 radical (unpaired) electrons. The smallest absolute Gasteiger partial charge is 0.161 e. The summed E-state index contributed by atoms with van der Waals surface area (Å²) < 4.78 is 10.4. The van der Waals surface area contributed by atoms with Gasteiger partial charge in [-0.25, -0.2) is 0 Å². The minimum Gasteiger partial charge on any atom is -0.493 e. The van der Waals surface area contributed by atoms with E-state index in [9.17, 15) is 4.79 Å². The second-order valence-corrected chi connectivity index (χ2v) is 3.88. The topological polar surface area (TPSA) is 35.5 Å². The van der Waals surface area contributed by atoms with Crippen molar-refractivity contribution in [1.82, 2.24) is 0 Å². The first kappa shape index (κ1) is 11.0. The number of hydrogen-bond acceptors (Lipinski definition) is 3. The molecule has 0 unspecified atom stereocenters. The number of carbonyl (C=O) groups is 1. The number of hydrogen-bond donors (Lipinski definition) is 0. The average Bonchev–Trinajstić information content (AvgIpc) is 2.63. The molecular formula is C12H11ClO3. The molecule has 0 aromatic heterocycles. The molecule has 1 aliphatic carbocycles. The van der Waals surface area contributed by atoms with Crippen molar-refractivity contribution in [2.75, 3.05) is 14.2 Å². The largest absolute Gasteiger partial charge is 0.493 e. The van der Waals surface area contributed by atoms with Gasteiger partial charge in [0.25, 0.3) is 0 Å². The van der Waals surface area contributed by atoms with Gasteiger partial charge in [0, 0.05) is 17.6 Å². The number of carbonyl (C=O) groups excluding carboxylic acids is 1. The Morgan fingerprint density at radius 2 is 1.88 bits per heavy atom. The van der Waals surface area contributed by atoms with E-state index >= 15 is 0 Å². The first-order valence-corrected chi connectivity index (χ1v) is 5.18. The Labute approximate surface area is 98.6 Å².